The van der Waals surface area contributed by atoms with Crippen LogP contribution in [0.3, 0.4) is 0 Å². The monoisotopic (exact) mass is 804 g/mol. The van der Waals surface area contributed by atoms with Gasteiger partial charge in [-0.05, 0) is 121 Å². The van der Waals surface area contributed by atoms with Crippen molar-refractivity contribution in [2.45, 2.75) is 108 Å². The third-order valence-corrected chi connectivity index (χ3v) is 15.9. The highest BCUT2D eigenvalue weighted by Crippen LogP contribution is 2.68. The number of carbonyl (C=O) groups excluding carboxylic acids is 1. The van der Waals surface area contributed by atoms with E-state index in [2.05, 4.69) is 44.5 Å². The highest BCUT2D eigenvalue weighted by atomic mass is 16.6. The lowest BCUT2D eigenvalue weighted by atomic mass is 9.43. The number of fused-ring (bicyclic) bond motifs is 5. The summed E-state index contributed by atoms with van der Waals surface area (Å²) >= 11 is 0. The fourth-order valence-corrected chi connectivity index (χ4v) is 12.6. The average molecular weight is 805 g/mol. The molecule has 0 aliphatic heterocycles. The molecule has 11 atom stereocenters. The van der Waals surface area contributed by atoms with Gasteiger partial charge < -0.3 is 25.2 Å². The van der Waals surface area contributed by atoms with E-state index in [0.717, 1.165) is 38.5 Å². The second kappa shape index (κ2) is 17.0. The molecule has 4 aromatic rings. The van der Waals surface area contributed by atoms with Gasteiger partial charge >= 0.3 is 5.97 Å². The zero-order chi connectivity index (χ0) is 42.1. The fraction of sp³-hybridized carbons (Fsp3) is 0.463. The molecule has 4 aromatic carbocycles. The molecule has 0 radical (unpaired) electrons. The normalized spacial score (nSPS) is 31.4. The minimum Gasteiger partial charge on any atom is -0.437 e. The molecular formula is C54H60O6. The van der Waals surface area contributed by atoms with E-state index in [9.17, 15) is 25.2 Å². The van der Waals surface area contributed by atoms with Crippen molar-refractivity contribution >= 4 is 5.97 Å². The van der Waals surface area contributed by atoms with Gasteiger partial charge in [0.15, 0.2) is 5.60 Å². The van der Waals surface area contributed by atoms with Gasteiger partial charge in [0, 0.05) is 28.7 Å². The molecule has 4 saturated carbocycles. The number of esters is 1. The lowest BCUT2D eigenvalue weighted by Gasteiger charge is -2.63. The van der Waals surface area contributed by atoms with Crippen LogP contribution in [-0.2, 0) is 20.7 Å². The van der Waals surface area contributed by atoms with Crippen LogP contribution in [0.5, 0.6) is 0 Å². The van der Waals surface area contributed by atoms with Gasteiger partial charge in [0.25, 0.3) is 0 Å². The van der Waals surface area contributed by atoms with Crippen LogP contribution < -0.4 is 0 Å². The van der Waals surface area contributed by atoms with Gasteiger partial charge in [-0.3, -0.25) is 4.79 Å². The molecule has 0 spiro atoms. The number of benzene rings is 4. The predicted molar refractivity (Wildman–Crippen MR) is 234 cm³/mol. The highest BCUT2D eigenvalue weighted by Gasteiger charge is 2.65. The van der Waals surface area contributed by atoms with Crippen LogP contribution >= 0.6 is 0 Å². The second-order valence-corrected chi connectivity index (χ2v) is 18.9. The van der Waals surface area contributed by atoms with E-state index in [1.54, 1.807) is 0 Å². The zero-order valence-electron chi connectivity index (χ0n) is 35.2. The number of ether oxygens (including phenoxy) is 1. The van der Waals surface area contributed by atoms with Gasteiger partial charge in [-0.2, -0.15) is 0 Å². The number of hydrogen-bond acceptors (Lipinski definition) is 6. The maximum Gasteiger partial charge on any atom is 0.307 e. The lowest BCUT2D eigenvalue weighted by molar-refractivity contribution is -0.207. The molecule has 6 nitrogen and oxygen atoms in total. The lowest BCUT2D eigenvalue weighted by Crippen LogP contribution is -2.62. The van der Waals surface area contributed by atoms with Crippen LogP contribution in [-0.4, -0.2) is 44.7 Å². The van der Waals surface area contributed by atoms with E-state index in [1.807, 2.05) is 121 Å². The van der Waals surface area contributed by atoms with E-state index < -0.39 is 23.4 Å². The maximum atomic E-state index is 14.3. The Morgan fingerprint density at radius 1 is 0.717 bits per heavy atom. The molecule has 312 valence electrons. The van der Waals surface area contributed by atoms with Gasteiger partial charge in [0.2, 0.25) is 5.60 Å². The minimum atomic E-state index is -1.62. The van der Waals surface area contributed by atoms with E-state index >= 15 is 0 Å². The van der Waals surface area contributed by atoms with Gasteiger partial charge in [-0.25, -0.2) is 0 Å². The van der Waals surface area contributed by atoms with Crippen LogP contribution in [0.4, 0.5) is 0 Å². The van der Waals surface area contributed by atoms with E-state index in [1.165, 1.54) is 0 Å². The standard InChI is InChI=1S/C54H60O6/c1-37(44-27-28-45-50-46(36-48(57)52(44,45)3)51(2)33-30-43(55)34-42(51)35-47(50)56)26-29-49(58)60-54(40-22-12-6-13-23-40,41-24-14-7-15-25-41)32-17-16-31-53(59,38-18-8-4-9-19-38)39-20-10-5-11-21-39/h4-15,18-25,37,42-48,50,55-57,59H,26-30,33-36H2,1-3H3/t37-,42+,43-,44-,45?,46?,47-,48+,50?,51+,52-/m1/s1. The first kappa shape index (κ1) is 42.0. The summed E-state index contributed by atoms with van der Waals surface area (Å²) in [4.78, 5) is 14.3. The first-order valence-corrected chi connectivity index (χ1v) is 22.1. The van der Waals surface area contributed by atoms with Crippen LogP contribution in [0, 0.1) is 70.0 Å². The Balaban J connectivity index is 1.05. The molecule has 3 unspecified atom stereocenters. The summed E-state index contributed by atoms with van der Waals surface area (Å²) in [5, 5.41) is 46.5. The molecular weight excluding hydrogens is 745 g/mol. The largest absolute Gasteiger partial charge is 0.437 e. The van der Waals surface area contributed by atoms with Crippen molar-refractivity contribution in [3.8, 4) is 23.7 Å². The topological polar surface area (TPSA) is 107 Å². The molecule has 4 N–H and O–H groups in total. The molecule has 4 fully saturated rings. The number of carbonyl (C=O) groups is 1. The first-order chi connectivity index (χ1) is 28.9. The molecule has 4 aliphatic rings. The smallest absolute Gasteiger partial charge is 0.307 e. The summed E-state index contributed by atoms with van der Waals surface area (Å²) in [6.45, 7) is 6.82. The SMILES string of the molecule is C[C@H](CCC(=O)OC(C#CC#CC(O)(c1ccccc1)c1ccccc1)(c1ccccc1)c1ccccc1)[C@H]1CCC2C3C(C[C@H](O)[C@@]21C)[C@@]1(C)CC[C@@H](O)C[C@H]1C[C@H]3O. The maximum absolute atomic E-state index is 14.3. The summed E-state index contributed by atoms with van der Waals surface area (Å²) in [5.41, 5.74) is -0.835. The zero-order valence-corrected chi connectivity index (χ0v) is 35.2. The number of aliphatic hydroxyl groups excluding tert-OH is 3. The number of aliphatic hydroxyl groups is 4. The molecule has 0 amide bonds. The molecule has 4 aliphatic carbocycles. The van der Waals surface area contributed by atoms with Gasteiger partial charge in [0.1, 0.15) is 0 Å². The summed E-state index contributed by atoms with van der Waals surface area (Å²) in [6.07, 6.45) is 5.31. The fourth-order valence-electron chi connectivity index (χ4n) is 12.6. The average Bonchev–Trinajstić information content (AvgIpc) is 3.64. The van der Waals surface area contributed by atoms with Gasteiger partial charge in [0.05, 0.1) is 18.3 Å². The molecule has 0 heterocycles. The van der Waals surface area contributed by atoms with Gasteiger partial charge in [-0.15, -0.1) is 0 Å². The Morgan fingerprint density at radius 2 is 1.25 bits per heavy atom. The van der Waals surface area contributed by atoms with E-state index in [-0.39, 0.29) is 64.8 Å². The summed E-state index contributed by atoms with van der Waals surface area (Å²) < 4.78 is 6.59. The molecule has 6 heteroatoms. The highest BCUT2D eigenvalue weighted by molar-refractivity contribution is 5.72. The third kappa shape index (κ3) is 7.52. The van der Waals surface area contributed by atoms with Gasteiger partial charge in [-0.1, -0.05) is 142 Å². The van der Waals surface area contributed by atoms with Crippen molar-refractivity contribution in [3.63, 3.8) is 0 Å². The van der Waals surface area contributed by atoms with Crippen molar-refractivity contribution in [3.05, 3.63) is 144 Å². The predicted octanol–water partition coefficient (Wildman–Crippen LogP) is 8.79. The van der Waals surface area contributed by atoms with Crippen molar-refractivity contribution in [2.24, 2.45) is 46.3 Å². The van der Waals surface area contributed by atoms with Crippen LogP contribution in [0.1, 0.15) is 101 Å². The molecule has 8 rings (SSSR count). The third-order valence-electron chi connectivity index (χ3n) is 15.9. The summed E-state index contributed by atoms with van der Waals surface area (Å²) in [6, 6.07) is 37.7. The number of rotatable bonds is 9. The van der Waals surface area contributed by atoms with Crippen molar-refractivity contribution in [1.29, 1.82) is 0 Å². The summed E-state index contributed by atoms with van der Waals surface area (Å²) in [7, 11) is 0. The van der Waals surface area contributed by atoms with E-state index in [0.29, 0.717) is 35.1 Å². The Morgan fingerprint density at radius 3 is 1.82 bits per heavy atom. The Hall–Kier alpha value is -4.69. The summed E-state index contributed by atoms with van der Waals surface area (Å²) in [5.74, 6) is 13.1. The molecule has 0 bridgehead atoms. The Labute approximate surface area is 356 Å². The van der Waals surface area contributed by atoms with Crippen molar-refractivity contribution in [1.82, 2.24) is 0 Å². The molecule has 0 aromatic heterocycles. The Kier molecular flexibility index (Phi) is 11.9. The quantitative estimate of drug-likeness (QED) is 0.0996. The van der Waals surface area contributed by atoms with Crippen molar-refractivity contribution < 1.29 is 30.0 Å². The van der Waals surface area contributed by atoms with Crippen LogP contribution in [0.2, 0.25) is 0 Å². The minimum absolute atomic E-state index is 0.0163. The van der Waals surface area contributed by atoms with Crippen molar-refractivity contribution in [2.75, 3.05) is 0 Å². The molecule has 60 heavy (non-hydrogen) atoms. The van der Waals surface area contributed by atoms with Crippen LogP contribution in [0.15, 0.2) is 121 Å². The van der Waals surface area contributed by atoms with Crippen LogP contribution in [0.25, 0.3) is 0 Å². The number of hydrogen-bond donors (Lipinski definition) is 4. The second-order valence-electron chi connectivity index (χ2n) is 18.9. The first-order valence-electron chi connectivity index (χ1n) is 22.1. The molecule has 0 saturated heterocycles. The Bertz CT molecular complexity index is 2140. The van der Waals surface area contributed by atoms with E-state index in [4.69, 9.17) is 4.74 Å².